The van der Waals surface area contributed by atoms with Crippen LogP contribution in [0.1, 0.15) is 25.5 Å². The number of benzene rings is 1. The number of hydrogen-bond donors (Lipinski definition) is 2. The average Bonchev–Trinajstić information content (AvgIpc) is 2.40. The van der Waals surface area contributed by atoms with Crippen molar-refractivity contribution in [3.8, 4) is 5.75 Å². The van der Waals surface area contributed by atoms with Crippen LogP contribution in [-0.4, -0.2) is 37.4 Å². The molecule has 6 heteroatoms. The largest absolute Gasteiger partial charge is 0.479 e. The summed E-state index contributed by atoms with van der Waals surface area (Å²) in [6.07, 6.45) is -1.27. The standard InChI is InChI=1S/C14H20ClNO4/c1-9(17)11-4-5-13(12(15)8-11)20-10(2)14(18)16-6-7-19-3/h4-5,8-10,17H,6-7H2,1-3H3,(H,16,18). The number of rotatable bonds is 7. The highest BCUT2D eigenvalue weighted by molar-refractivity contribution is 6.32. The number of aliphatic hydroxyl groups is 1. The molecular weight excluding hydrogens is 282 g/mol. The van der Waals surface area contributed by atoms with Crippen molar-refractivity contribution in [2.75, 3.05) is 20.3 Å². The van der Waals surface area contributed by atoms with E-state index in [9.17, 15) is 9.90 Å². The lowest BCUT2D eigenvalue weighted by molar-refractivity contribution is -0.127. The van der Waals surface area contributed by atoms with Gasteiger partial charge in [0.15, 0.2) is 6.10 Å². The molecule has 1 aromatic carbocycles. The maximum absolute atomic E-state index is 11.7. The van der Waals surface area contributed by atoms with Gasteiger partial charge < -0.3 is 19.9 Å². The molecule has 0 heterocycles. The lowest BCUT2D eigenvalue weighted by Gasteiger charge is -2.16. The number of hydrogen-bond acceptors (Lipinski definition) is 4. The van der Waals surface area contributed by atoms with E-state index < -0.39 is 12.2 Å². The Morgan fingerprint density at radius 3 is 2.70 bits per heavy atom. The monoisotopic (exact) mass is 301 g/mol. The minimum Gasteiger partial charge on any atom is -0.479 e. The number of methoxy groups -OCH3 is 1. The summed E-state index contributed by atoms with van der Waals surface area (Å²) in [4.78, 5) is 11.7. The fourth-order valence-corrected chi connectivity index (χ4v) is 1.77. The van der Waals surface area contributed by atoms with E-state index in [2.05, 4.69) is 5.32 Å². The Labute approximate surface area is 123 Å². The lowest BCUT2D eigenvalue weighted by Crippen LogP contribution is -2.37. The zero-order chi connectivity index (χ0) is 15.1. The van der Waals surface area contributed by atoms with Crippen molar-refractivity contribution in [2.45, 2.75) is 26.1 Å². The van der Waals surface area contributed by atoms with Crippen LogP contribution in [0.5, 0.6) is 5.75 Å². The molecule has 1 amide bonds. The highest BCUT2D eigenvalue weighted by Gasteiger charge is 2.16. The molecule has 0 aliphatic carbocycles. The van der Waals surface area contributed by atoms with Crippen LogP contribution in [0.2, 0.25) is 5.02 Å². The van der Waals surface area contributed by atoms with Gasteiger partial charge in [-0.3, -0.25) is 4.79 Å². The van der Waals surface area contributed by atoms with Gasteiger partial charge in [0.1, 0.15) is 5.75 Å². The van der Waals surface area contributed by atoms with Gasteiger partial charge in [0.25, 0.3) is 5.91 Å². The lowest BCUT2D eigenvalue weighted by atomic mass is 10.1. The molecule has 5 nitrogen and oxygen atoms in total. The molecule has 2 atom stereocenters. The first kappa shape index (κ1) is 16.8. The molecule has 0 radical (unpaired) electrons. The van der Waals surface area contributed by atoms with E-state index in [1.54, 1.807) is 39.2 Å². The van der Waals surface area contributed by atoms with Crippen molar-refractivity contribution < 1.29 is 19.4 Å². The Morgan fingerprint density at radius 1 is 1.45 bits per heavy atom. The van der Waals surface area contributed by atoms with Crippen LogP contribution in [0.25, 0.3) is 0 Å². The van der Waals surface area contributed by atoms with Gasteiger partial charge in [0.2, 0.25) is 0 Å². The molecule has 0 spiro atoms. The van der Waals surface area contributed by atoms with Gasteiger partial charge >= 0.3 is 0 Å². The maximum atomic E-state index is 11.7. The highest BCUT2D eigenvalue weighted by Crippen LogP contribution is 2.28. The Bertz CT molecular complexity index is 451. The van der Waals surface area contributed by atoms with Crippen molar-refractivity contribution in [3.05, 3.63) is 28.8 Å². The molecule has 2 N–H and O–H groups in total. The van der Waals surface area contributed by atoms with Gasteiger partial charge in [-0.1, -0.05) is 17.7 Å². The number of carbonyl (C=O) groups is 1. The number of amides is 1. The fourth-order valence-electron chi connectivity index (χ4n) is 1.54. The summed E-state index contributed by atoms with van der Waals surface area (Å²) in [7, 11) is 1.57. The molecule has 1 rings (SSSR count). The third-order valence-corrected chi connectivity index (χ3v) is 3.01. The Kier molecular flexibility index (Phi) is 6.78. The Hall–Kier alpha value is -1.30. The smallest absolute Gasteiger partial charge is 0.260 e. The quantitative estimate of drug-likeness (QED) is 0.755. The molecule has 0 aliphatic heterocycles. The number of halogens is 1. The van der Waals surface area contributed by atoms with Crippen molar-refractivity contribution in [1.29, 1.82) is 0 Å². The maximum Gasteiger partial charge on any atom is 0.260 e. The zero-order valence-corrected chi connectivity index (χ0v) is 12.6. The summed E-state index contributed by atoms with van der Waals surface area (Å²) >= 11 is 6.06. The molecule has 0 saturated carbocycles. The van der Waals surface area contributed by atoms with E-state index in [1.807, 2.05) is 0 Å². The second-order valence-corrected chi connectivity index (χ2v) is 4.82. The summed E-state index contributed by atoms with van der Waals surface area (Å²) in [5.74, 6) is 0.170. The molecule has 0 saturated heterocycles. The SMILES string of the molecule is COCCNC(=O)C(C)Oc1ccc(C(C)O)cc1Cl. The predicted octanol–water partition coefficient (Wildman–Crippen LogP) is 1.92. The second kappa shape index (κ2) is 8.09. The molecule has 112 valence electrons. The van der Waals surface area contributed by atoms with Gasteiger partial charge in [-0.2, -0.15) is 0 Å². The van der Waals surface area contributed by atoms with E-state index in [1.165, 1.54) is 0 Å². The minimum atomic E-state index is -0.665. The van der Waals surface area contributed by atoms with Crippen LogP contribution in [-0.2, 0) is 9.53 Å². The first-order valence-electron chi connectivity index (χ1n) is 6.36. The van der Waals surface area contributed by atoms with E-state index >= 15 is 0 Å². The van der Waals surface area contributed by atoms with Gasteiger partial charge in [0, 0.05) is 13.7 Å². The van der Waals surface area contributed by atoms with Crippen LogP contribution < -0.4 is 10.1 Å². The Balaban J connectivity index is 2.61. The normalized spacial score (nSPS) is 13.7. The van der Waals surface area contributed by atoms with E-state index in [-0.39, 0.29) is 5.91 Å². The summed E-state index contributed by atoms with van der Waals surface area (Å²) in [5.41, 5.74) is 0.694. The minimum absolute atomic E-state index is 0.238. The van der Waals surface area contributed by atoms with Crippen LogP contribution in [0.4, 0.5) is 0 Å². The highest BCUT2D eigenvalue weighted by atomic mass is 35.5. The van der Waals surface area contributed by atoms with Gasteiger partial charge in [-0.15, -0.1) is 0 Å². The van der Waals surface area contributed by atoms with E-state index in [4.69, 9.17) is 21.1 Å². The van der Waals surface area contributed by atoms with Crippen LogP contribution in [0, 0.1) is 0 Å². The van der Waals surface area contributed by atoms with E-state index in [0.717, 1.165) is 0 Å². The van der Waals surface area contributed by atoms with Crippen molar-refractivity contribution in [1.82, 2.24) is 5.32 Å². The predicted molar refractivity (Wildman–Crippen MR) is 77.1 cm³/mol. The van der Waals surface area contributed by atoms with Crippen molar-refractivity contribution in [3.63, 3.8) is 0 Å². The van der Waals surface area contributed by atoms with Crippen LogP contribution in [0.15, 0.2) is 18.2 Å². The third-order valence-electron chi connectivity index (χ3n) is 2.72. The molecule has 0 bridgehead atoms. The van der Waals surface area contributed by atoms with E-state index in [0.29, 0.717) is 29.5 Å². The zero-order valence-electron chi connectivity index (χ0n) is 11.9. The van der Waals surface area contributed by atoms with Gasteiger partial charge in [-0.05, 0) is 31.5 Å². The second-order valence-electron chi connectivity index (χ2n) is 4.41. The summed E-state index contributed by atoms with van der Waals surface area (Å²) in [6, 6.07) is 4.97. The molecule has 20 heavy (non-hydrogen) atoms. The average molecular weight is 302 g/mol. The molecule has 2 unspecified atom stereocenters. The summed E-state index contributed by atoms with van der Waals surface area (Å²) in [5, 5.41) is 12.5. The summed E-state index contributed by atoms with van der Waals surface area (Å²) in [6.45, 7) is 4.17. The molecule has 0 aromatic heterocycles. The molecule has 0 aliphatic rings. The van der Waals surface area contributed by atoms with Crippen molar-refractivity contribution >= 4 is 17.5 Å². The van der Waals surface area contributed by atoms with Crippen LogP contribution in [0.3, 0.4) is 0 Å². The van der Waals surface area contributed by atoms with Gasteiger partial charge in [0.05, 0.1) is 17.7 Å². The molecule has 0 fully saturated rings. The first-order valence-corrected chi connectivity index (χ1v) is 6.74. The van der Waals surface area contributed by atoms with Gasteiger partial charge in [-0.25, -0.2) is 0 Å². The fraction of sp³-hybridized carbons (Fsp3) is 0.500. The molecular formula is C14H20ClNO4. The number of ether oxygens (including phenoxy) is 2. The van der Waals surface area contributed by atoms with Crippen LogP contribution >= 0.6 is 11.6 Å². The number of nitrogens with one attached hydrogen (secondary N) is 1. The number of aliphatic hydroxyl groups excluding tert-OH is 1. The third kappa shape index (κ3) is 5.00. The topological polar surface area (TPSA) is 67.8 Å². The summed E-state index contributed by atoms with van der Waals surface area (Å²) < 4.78 is 10.4. The Morgan fingerprint density at radius 2 is 2.15 bits per heavy atom. The first-order chi connectivity index (χ1) is 9.45. The van der Waals surface area contributed by atoms with Crippen molar-refractivity contribution in [2.24, 2.45) is 0 Å². The number of carbonyl (C=O) groups excluding carboxylic acids is 1. The molecule has 1 aromatic rings.